The maximum atomic E-state index is 12.6. The fraction of sp³-hybridized carbons (Fsp3) is 0. The van der Waals surface area contributed by atoms with Gasteiger partial charge in [-0.05, 0) is 35.0 Å². The summed E-state index contributed by atoms with van der Waals surface area (Å²) >= 11 is 1.56. The minimum absolute atomic E-state index is 0.0966. The van der Waals surface area contributed by atoms with Gasteiger partial charge >= 0.3 is 0 Å². The molecule has 0 aliphatic heterocycles. The van der Waals surface area contributed by atoms with Gasteiger partial charge in [-0.3, -0.25) is 4.79 Å². The van der Waals surface area contributed by atoms with E-state index >= 15 is 0 Å². The molecule has 0 aliphatic rings. The van der Waals surface area contributed by atoms with Crippen LogP contribution in [0.3, 0.4) is 0 Å². The summed E-state index contributed by atoms with van der Waals surface area (Å²) in [7, 11) is 0. The number of rotatable bonds is 2. The van der Waals surface area contributed by atoms with Crippen molar-refractivity contribution in [3.63, 3.8) is 0 Å². The molecular formula is C18H12N2OS. The Kier molecular flexibility index (Phi) is 3.09. The number of nitrogens with zero attached hydrogens (tertiary/aromatic N) is 1. The number of nitrogens with one attached hydrogen (secondary N) is 1. The normalized spacial score (nSPS) is 10.9. The molecule has 3 aromatic carbocycles. The monoisotopic (exact) mass is 304 g/mol. The topological polar surface area (TPSA) is 42.0 Å². The summed E-state index contributed by atoms with van der Waals surface area (Å²) in [5, 5.41) is 4.99. The molecule has 0 aliphatic carbocycles. The first-order chi connectivity index (χ1) is 10.8. The molecule has 0 radical (unpaired) electrons. The Hall–Kier alpha value is -2.72. The van der Waals surface area contributed by atoms with Crippen molar-refractivity contribution in [2.75, 3.05) is 5.32 Å². The van der Waals surface area contributed by atoms with Gasteiger partial charge in [-0.15, -0.1) is 11.3 Å². The molecule has 0 unspecified atom stereocenters. The van der Waals surface area contributed by atoms with E-state index in [2.05, 4.69) is 10.3 Å². The maximum Gasteiger partial charge on any atom is 0.256 e. The van der Waals surface area contributed by atoms with Gasteiger partial charge in [0.05, 0.1) is 15.7 Å². The van der Waals surface area contributed by atoms with Crippen LogP contribution in [-0.2, 0) is 0 Å². The third kappa shape index (κ3) is 2.23. The third-order valence-electron chi connectivity index (χ3n) is 3.62. The fourth-order valence-corrected chi connectivity index (χ4v) is 3.27. The number of carbonyl (C=O) groups excluding carboxylic acids is 1. The lowest BCUT2D eigenvalue weighted by molar-refractivity contribution is 0.102. The van der Waals surface area contributed by atoms with Crippen molar-refractivity contribution < 1.29 is 4.79 Å². The highest BCUT2D eigenvalue weighted by atomic mass is 32.1. The first kappa shape index (κ1) is 13.0. The Morgan fingerprint density at radius 2 is 1.86 bits per heavy atom. The Morgan fingerprint density at radius 3 is 2.82 bits per heavy atom. The van der Waals surface area contributed by atoms with Crippen molar-refractivity contribution in [2.45, 2.75) is 0 Å². The van der Waals surface area contributed by atoms with Crippen LogP contribution < -0.4 is 5.32 Å². The first-order valence-electron chi connectivity index (χ1n) is 6.94. The Morgan fingerprint density at radius 1 is 1.00 bits per heavy atom. The van der Waals surface area contributed by atoms with Crippen LogP contribution in [0.2, 0.25) is 0 Å². The van der Waals surface area contributed by atoms with Gasteiger partial charge in [0.25, 0.3) is 5.91 Å². The molecule has 106 valence electrons. The minimum atomic E-state index is -0.0966. The molecule has 0 saturated heterocycles. The molecule has 3 nitrogen and oxygen atoms in total. The number of thiazole rings is 1. The molecule has 0 bridgehead atoms. The van der Waals surface area contributed by atoms with E-state index in [0.717, 1.165) is 26.7 Å². The number of fused-ring (bicyclic) bond motifs is 2. The van der Waals surface area contributed by atoms with Gasteiger partial charge in [0.2, 0.25) is 0 Å². The van der Waals surface area contributed by atoms with Gasteiger partial charge in [0.15, 0.2) is 0 Å². The number of anilines is 1. The van der Waals surface area contributed by atoms with Crippen molar-refractivity contribution in [1.29, 1.82) is 0 Å². The fourth-order valence-electron chi connectivity index (χ4n) is 2.55. The molecule has 0 fully saturated rings. The van der Waals surface area contributed by atoms with Crippen molar-refractivity contribution >= 4 is 43.9 Å². The summed E-state index contributed by atoms with van der Waals surface area (Å²) in [5.41, 5.74) is 4.23. The predicted octanol–water partition coefficient (Wildman–Crippen LogP) is 4.70. The van der Waals surface area contributed by atoms with E-state index in [1.807, 2.05) is 60.7 Å². The zero-order valence-electron chi connectivity index (χ0n) is 11.6. The first-order valence-corrected chi connectivity index (χ1v) is 7.81. The molecule has 0 atom stereocenters. The highest BCUT2D eigenvalue weighted by molar-refractivity contribution is 7.16. The number of hydrogen-bond donors (Lipinski definition) is 1. The number of hydrogen-bond acceptors (Lipinski definition) is 3. The van der Waals surface area contributed by atoms with E-state index in [1.54, 1.807) is 16.8 Å². The minimum Gasteiger partial charge on any atom is -0.322 e. The van der Waals surface area contributed by atoms with Crippen LogP contribution in [0.1, 0.15) is 10.4 Å². The molecule has 0 spiro atoms. The Balaban J connectivity index is 1.71. The molecule has 1 N–H and O–H groups in total. The average molecular weight is 304 g/mol. The highest BCUT2D eigenvalue weighted by Gasteiger charge is 2.10. The molecule has 1 aromatic heterocycles. The number of amides is 1. The molecule has 0 saturated carbocycles. The number of carbonyl (C=O) groups is 1. The summed E-state index contributed by atoms with van der Waals surface area (Å²) in [6.07, 6.45) is 0. The van der Waals surface area contributed by atoms with Crippen LogP contribution in [0.5, 0.6) is 0 Å². The summed E-state index contributed by atoms with van der Waals surface area (Å²) in [5.74, 6) is -0.0966. The van der Waals surface area contributed by atoms with Crippen LogP contribution in [0, 0.1) is 0 Å². The average Bonchev–Trinajstić information content (AvgIpc) is 3.02. The molecule has 1 heterocycles. The smallest absolute Gasteiger partial charge is 0.256 e. The van der Waals surface area contributed by atoms with Crippen LogP contribution in [0.15, 0.2) is 66.2 Å². The maximum absolute atomic E-state index is 12.6. The second-order valence-electron chi connectivity index (χ2n) is 5.02. The third-order valence-corrected chi connectivity index (χ3v) is 4.42. The SMILES string of the molecule is O=C(Nc1ccc2ncsc2c1)c1cccc2ccccc12. The van der Waals surface area contributed by atoms with Gasteiger partial charge in [0.1, 0.15) is 0 Å². The van der Waals surface area contributed by atoms with Gasteiger partial charge in [-0.1, -0.05) is 36.4 Å². The summed E-state index contributed by atoms with van der Waals surface area (Å²) < 4.78 is 1.07. The second-order valence-corrected chi connectivity index (χ2v) is 5.90. The quantitative estimate of drug-likeness (QED) is 0.583. The zero-order valence-corrected chi connectivity index (χ0v) is 12.4. The highest BCUT2D eigenvalue weighted by Crippen LogP contribution is 2.23. The van der Waals surface area contributed by atoms with Crippen LogP contribution in [0.4, 0.5) is 5.69 Å². The van der Waals surface area contributed by atoms with E-state index in [-0.39, 0.29) is 5.91 Å². The molecule has 1 amide bonds. The van der Waals surface area contributed by atoms with Gasteiger partial charge < -0.3 is 5.32 Å². The number of aromatic nitrogens is 1. The number of benzene rings is 3. The van der Waals surface area contributed by atoms with E-state index in [0.29, 0.717) is 5.56 Å². The van der Waals surface area contributed by atoms with Crippen molar-refractivity contribution in [3.8, 4) is 0 Å². The lowest BCUT2D eigenvalue weighted by atomic mass is 10.0. The van der Waals surface area contributed by atoms with E-state index in [4.69, 9.17) is 0 Å². The van der Waals surface area contributed by atoms with E-state index < -0.39 is 0 Å². The molecular weight excluding hydrogens is 292 g/mol. The Labute approximate surface area is 131 Å². The van der Waals surface area contributed by atoms with Crippen LogP contribution in [-0.4, -0.2) is 10.9 Å². The lowest BCUT2D eigenvalue weighted by Crippen LogP contribution is -2.12. The summed E-state index contributed by atoms with van der Waals surface area (Å²) in [6.45, 7) is 0. The van der Waals surface area contributed by atoms with Gasteiger partial charge in [-0.2, -0.15) is 0 Å². The van der Waals surface area contributed by atoms with Crippen LogP contribution in [0.25, 0.3) is 21.0 Å². The van der Waals surface area contributed by atoms with E-state index in [9.17, 15) is 4.79 Å². The van der Waals surface area contributed by atoms with Crippen molar-refractivity contribution in [1.82, 2.24) is 4.98 Å². The summed E-state index contributed by atoms with van der Waals surface area (Å²) in [4.78, 5) is 16.8. The second kappa shape index (κ2) is 5.24. The molecule has 4 rings (SSSR count). The van der Waals surface area contributed by atoms with Crippen LogP contribution >= 0.6 is 11.3 Å². The molecule has 4 heteroatoms. The Bertz CT molecular complexity index is 985. The largest absolute Gasteiger partial charge is 0.322 e. The molecule has 4 aromatic rings. The van der Waals surface area contributed by atoms with E-state index in [1.165, 1.54) is 0 Å². The summed E-state index contributed by atoms with van der Waals surface area (Å²) in [6, 6.07) is 19.4. The standard InChI is InChI=1S/C18H12N2OS/c21-18(15-7-3-5-12-4-1-2-6-14(12)15)20-13-8-9-16-17(10-13)22-11-19-16/h1-11H,(H,20,21). The predicted molar refractivity (Wildman–Crippen MR) is 91.5 cm³/mol. The van der Waals surface area contributed by atoms with Gasteiger partial charge in [0, 0.05) is 11.3 Å². The molecule has 22 heavy (non-hydrogen) atoms. The zero-order chi connectivity index (χ0) is 14.9. The van der Waals surface area contributed by atoms with Gasteiger partial charge in [-0.25, -0.2) is 4.98 Å². The van der Waals surface area contributed by atoms with Crippen molar-refractivity contribution in [2.24, 2.45) is 0 Å². The lowest BCUT2D eigenvalue weighted by Gasteiger charge is -2.08. The van der Waals surface area contributed by atoms with Crippen molar-refractivity contribution in [3.05, 3.63) is 71.7 Å².